The highest BCUT2D eigenvalue weighted by molar-refractivity contribution is 6.34. The summed E-state index contributed by atoms with van der Waals surface area (Å²) < 4.78 is 7.35. The van der Waals surface area contributed by atoms with E-state index in [-0.39, 0.29) is 5.91 Å². The van der Waals surface area contributed by atoms with Crippen molar-refractivity contribution >= 4 is 17.5 Å². The SMILES string of the molecule is Cc1noc([C@]23CCN2C(=O)c2c(Cl)cccc2-n2cncc23)n1. The summed E-state index contributed by atoms with van der Waals surface area (Å²) in [6, 6.07) is 5.41. The number of fused-ring (bicyclic) bond motifs is 5. The fourth-order valence-corrected chi connectivity index (χ4v) is 3.89. The van der Waals surface area contributed by atoms with Crippen LogP contribution in [-0.4, -0.2) is 37.0 Å². The predicted octanol–water partition coefficient (Wildman–Crippen LogP) is 2.32. The molecule has 5 rings (SSSR count). The molecule has 1 aromatic carbocycles. The van der Waals surface area contributed by atoms with Crippen LogP contribution in [-0.2, 0) is 5.54 Å². The minimum Gasteiger partial charge on any atom is -0.336 e. The lowest BCUT2D eigenvalue weighted by Gasteiger charge is -2.48. The standard InChI is InChI=1S/C16H12ClN5O2/c1-9-19-15(24-20-9)16-5-6-22(16)14(23)13-10(17)3-2-4-11(13)21-8-18-7-12(16)21/h2-4,7-8H,5-6H2,1H3/t16-/m1/s1. The van der Waals surface area contributed by atoms with E-state index < -0.39 is 5.54 Å². The van der Waals surface area contributed by atoms with E-state index in [1.54, 1.807) is 30.4 Å². The normalized spacial score (nSPS) is 21.6. The molecule has 3 aromatic rings. The smallest absolute Gasteiger partial charge is 0.258 e. The summed E-state index contributed by atoms with van der Waals surface area (Å²) in [5.41, 5.74) is 1.21. The Morgan fingerprint density at radius 3 is 2.96 bits per heavy atom. The van der Waals surface area contributed by atoms with E-state index in [0.29, 0.717) is 41.0 Å². The van der Waals surface area contributed by atoms with Crippen LogP contribution in [0.1, 0.15) is 34.2 Å². The van der Waals surface area contributed by atoms with E-state index in [9.17, 15) is 4.79 Å². The van der Waals surface area contributed by atoms with Crippen LogP contribution in [0.5, 0.6) is 0 Å². The minimum absolute atomic E-state index is 0.138. The fourth-order valence-electron chi connectivity index (χ4n) is 3.64. The molecule has 0 N–H and O–H groups in total. The number of hydrogen-bond donors (Lipinski definition) is 0. The maximum Gasteiger partial charge on any atom is 0.258 e. The quantitative estimate of drug-likeness (QED) is 0.679. The van der Waals surface area contributed by atoms with E-state index in [4.69, 9.17) is 16.1 Å². The van der Waals surface area contributed by atoms with Crippen LogP contribution in [0.4, 0.5) is 0 Å². The average molecular weight is 342 g/mol. The van der Waals surface area contributed by atoms with Gasteiger partial charge in [0.2, 0.25) is 0 Å². The van der Waals surface area contributed by atoms with Crippen molar-refractivity contribution in [2.75, 3.05) is 6.54 Å². The molecule has 0 aliphatic carbocycles. The first kappa shape index (κ1) is 13.7. The van der Waals surface area contributed by atoms with Crippen molar-refractivity contribution in [2.24, 2.45) is 0 Å². The second kappa shape index (κ2) is 4.45. The van der Waals surface area contributed by atoms with Gasteiger partial charge in [0.25, 0.3) is 11.8 Å². The molecule has 0 radical (unpaired) electrons. The van der Waals surface area contributed by atoms with Crippen molar-refractivity contribution in [1.82, 2.24) is 24.6 Å². The number of aryl methyl sites for hydroxylation is 1. The molecule has 7 nitrogen and oxygen atoms in total. The van der Waals surface area contributed by atoms with E-state index in [1.807, 2.05) is 16.7 Å². The van der Waals surface area contributed by atoms with Crippen LogP contribution in [0.25, 0.3) is 5.69 Å². The summed E-state index contributed by atoms with van der Waals surface area (Å²) in [7, 11) is 0. The van der Waals surface area contributed by atoms with Gasteiger partial charge in [0.15, 0.2) is 11.4 Å². The second-order valence-corrected chi connectivity index (χ2v) is 6.40. The van der Waals surface area contributed by atoms with Crippen LogP contribution in [0, 0.1) is 6.92 Å². The number of amides is 1. The fraction of sp³-hybridized carbons (Fsp3) is 0.250. The molecule has 4 heterocycles. The average Bonchev–Trinajstić information content (AvgIpc) is 3.15. The summed E-state index contributed by atoms with van der Waals surface area (Å²) in [6.07, 6.45) is 4.12. The maximum atomic E-state index is 13.2. The predicted molar refractivity (Wildman–Crippen MR) is 84.0 cm³/mol. The lowest BCUT2D eigenvalue weighted by molar-refractivity contribution is -0.00130. The first-order valence-corrected chi connectivity index (χ1v) is 7.95. The van der Waals surface area contributed by atoms with Gasteiger partial charge in [0.05, 0.1) is 34.5 Å². The highest BCUT2D eigenvalue weighted by atomic mass is 35.5. The largest absolute Gasteiger partial charge is 0.336 e. The van der Waals surface area contributed by atoms with Gasteiger partial charge < -0.3 is 9.42 Å². The maximum absolute atomic E-state index is 13.2. The van der Waals surface area contributed by atoms with Crippen molar-refractivity contribution in [2.45, 2.75) is 18.9 Å². The Hall–Kier alpha value is -2.67. The number of nitrogens with zero attached hydrogens (tertiary/aromatic N) is 5. The van der Waals surface area contributed by atoms with Gasteiger partial charge in [0, 0.05) is 13.0 Å². The monoisotopic (exact) mass is 341 g/mol. The topological polar surface area (TPSA) is 77.0 Å². The molecule has 120 valence electrons. The third-order valence-corrected chi connectivity index (χ3v) is 5.13. The highest BCUT2D eigenvalue weighted by Crippen LogP contribution is 2.49. The summed E-state index contributed by atoms with van der Waals surface area (Å²) >= 11 is 6.34. The van der Waals surface area contributed by atoms with Gasteiger partial charge in [-0.3, -0.25) is 9.36 Å². The molecular weight excluding hydrogens is 330 g/mol. The van der Waals surface area contributed by atoms with Gasteiger partial charge in [-0.05, 0) is 19.1 Å². The Kier molecular flexibility index (Phi) is 2.55. The van der Waals surface area contributed by atoms with Crippen molar-refractivity contribution in [3.05, 3.63) is 58.7 Å². The van der Waals surface area contributed by atoms with Gasteiger partial charge >= 0.3 is 0 Å². The molecular formula is C16H12ClN5O2. The van der Waals surface area contributed by atoms with Gasteiger partial charge in [0.1, 0.15) is 0 Å². The van der Waals surface area contributed by atoms with Crippen molar-refractivity contribution in [1.29, 1.82) is 0 Å². The highest BCUT2D eigenvalue weighted by Gasteiger charge is 2.58. The number of benzene rings is 1. The second-order valence-electron chi connectivity index (χ2n) is 6.00. The molecule has 2 aliphatic rings. The number of aromatic nitrogens is 4. The Morgan fingerprint density at radius 2 is 2.25 bits per heavy atom. The number of rotatable bonds is 1. The third-order valence-electron chi connectivity index (χ3n) is 4.81. The molecule has 2 aliphatic heterocycles. The molecule has 24 heavy (non-hydrogen) atoms. The molecule has 1 saturated heterocycles. The van der Waals surface area contributed by atoms with Gasteiger partial charge in [-0.25, -0.2) is 4.98 Å². The third kappa shape index (κ3) is 1.48. The molecule has 0 saturated carbocycles. The first-order valence-electron chi connectivity index (χ1n) is 7.57. The Labute approximate surface area is 141 Å². The zero-order valence-corrected chi connectivity index (χ0v) is 13.5. The summed E-state index contributed by atoms with van der Waals surface area (Å²) in [5, 5.41) is 4.32. The van der Waals surface area contributed by atoms with Crippen LogP contribution in [0.3, 0.4) is 0 Å². The molecule has 2 aromatic heterocycles. The van der Waals surface area contributed by atoms with Crippen molar-refractivity contribution in [3.63, 3.8) is 0 Å². The summed E-state index contributed by atoms with van der Waals surface area (Å²) in [5.74, 6) is 0.802. The van der Waals surface area contributed by atoms with Crippen molar-refractivity contribution in [3.8, 4) is 5.69 Å². The molecule has 8 heteroatoms. The van der Waals surface area contributed by atoms with Crippen LogP contribution in [0.15, 0.2) is 35.2 Å². The Balaban J connectivity index is 1.86. The van der Waals surface area contributed by atoms with Crippen LogP contribution < -0.4 is 0 Å². The molecule has 0 unspecified atom stereocenters. The van der Waals surface area contributed by atoms with E-state index >= 15 is 0 Å². The first-order chi connectivity index (χ1) is 11.6. The molecule has 0 bridgehead atoms. The van der Waals surface area contributed by atoms with Gasteiger partial charge in [-0.15, -0.1) is 0 Å². The number of imidazole rings is 1. The molecule has 1 fully saturated rings. The van der Waals surface area contributed by atoms with Crippen LogP contribution in [0.2, 0.25) is 5.02 Å². The Bertz CT molecular complexity index is 994. The van der Waals surface area contributed by atoms with Gasteiger partial charge in [-0.1, -0.05) is 22.8 Å². The number of carbonyl (C=O) groups excluding carboxylic acids is 1. The van der Waals surface area contributed by atoms with E-state index in [1.165, 1.54) is 0 Å². The number of carbonyl (C=O) groups is 1. The molecule has 1 amide bonds. The van der Waals surface area contributed by atoms with E-state index in [2.05, 4.69) is 15.1 Å². The minimum atomic E-state index is -0.794. The number of halogens is 1. The van der Waals surface area contributed by atoms with Crippen LogP contribution >= 0.6 is 11.6 Å². The zero-order chi connectivity index (χ0) is 16.5. The lowest BCUT2D eigenvalue weighted by atomic mass is 9.81. The molecule has 1 atom stereocenters. The molecule has 0 spiro atoms. The zero-order valence-electron chi connectivity index (χ0n) is 12.7. The summed E-state index contributed by atoms with van der Waals surface area (Å²) in [4.78, 5) is 23.6. The van der Waals surface area contributed by atoms with E-state index in [0.717, 1.165) is 5.69 Å². The van der Waals surface area contributed by atoms with Crippen molar-refractivity contribution < 1.29 is 9.32 Å². The summed E-state index contributed by atoms with van der Waals surface area (Å²) in [6.45, 7) is 2.35. The number of hydrogen-bond acceptors (Lipinski definition) is 5. The lowest BCUT2D eigenvalue weighted by Crippen LogP contribution is -2.60. The Morgan fingerprint density at radius 1 is 1.38 bits per heavy atom. The van der Waals surface area contributed by atoms with Gasteiger partial charge in [-0.2, -0.15) is 4.98 Å².